The lowest BCUT2D eigenvalue weighted by molar-refractivity contribution is -0.419. The zero-order valence-electron chi connectivity index (χ0n) is 8.13. The molecular weight excluding hydrogens is 206 g/mol. The number of nitro groups is 1. The highest BCUT2D eigenvalue weighted by Gasteiger charge is 2.10. The number of carbonyl (C=O) groups excluding carboxylic acids is 2. The zero-order chi connectivity index (χ0) is 11.8. The lowest BCUT2D eigenvalue weighted by Crippen LogP contribution is -2.03. The molecule has 0 spiro atoms. The van der Waals surface area contributed by atoms with Gasteiger partial charge in [0.2, 0.25) is 0 Å². The molecule has 0 aromatic heterocycles. The molecule has 0 rings (SSSR count). The van der Waals surface area contributed by atoms with Crippen LogP contribution in [0.1, 0.15) is 0 Å². The summed E-state index contributed by atoms with van der Waals surface area (Å²) in [4.78, 5) is 30.9. The predicted molar refractivity (Wildman–Crippen MR) is 48.2 cm³/mol. The van der Waals surface area contributed by atoms with E-state index in [1.807, 2.05) is 0 Å². The van der Waals surface area contributed by atoms with E-state index in [1.54, 1.807) is 0 Å². The molecule has 15 heavy (non-hydrogen) atoms. The molecule has 7 nitrogen and oxygen atoms in total. The summed E-state index contributed by atoms with van der Waals surface area (Å²) in [7, 11) is 2.21. The average Bonchev–Trinajstić information content (AvgIpc) is 2.22. The third-order valence-corrected chi connectivity index (χ3v) is 1.27. The maximum atomic E-state index is 10.7. The van der Waals surface area contributed by atoms with Gasteiger partial charge in [-0.25, -0.2) is 9.59 Å². The quantitative estimate of drug-likeness (QED) is 0.216. The monoisotopic (exact) mass is 215 g/mol. The fraction of sp³-hybridized carbons (Fsp3) is 0.250. The summed E-state index contributed by atoms with van der Waals surface area (Å²) in [5.74, 6) is -1.64. The highest BCUT2D eigenvalue weighted by molar-refractivity contribution is 5.84. The second kappa shape index (κ2) is 6.30. The van der Waals surface area contributed by atoms with Crippen molar-refractivity contribution in [2.24, 2.45) is 0 Å². The first kappa shape index (κ1) is 12.8. The molecule has 0 aliphatic carbocycles. The number of methoxy groups -OCH3 is 2. The van der Waals surface area contributed by atoms with Crippen LogP contribution in [0.3, 0.4) is 0 Å². The normalized spacial score (nSPS) is 11.2. The Morgan fingerprint density at radius 2 is 1.67 bits per heavy atom. The van der Waals surface area contributed by atoms with E-state index in [2.05, 4.69) is 9.47 Å². The summed E-state index contributed by atoms with van der Waals surface area (Å²) in [6, 6.07) is 0. The van der Waals surface area contributed by atoms with E-state index >= 15 is 0 Å². The van der Waals surface area contributed by atoms with Gasteiger partial charge in [-0.1, -0.05) is 0 Å². The molecule has 0 aromatic rings. The van der Waals surface area contributed by atoms with Crippen molar-refractivity contribution in [3.8, 4) is 0 Å². The number of nitrogens with zero attached hydrogens (tertiary/aromatic N) is 1. The molecule has 0 heterocycles. The summed E-state index contributed by atoms with van der Waals surface area (Å²) >= 11 is 0. The third kappa shape index (κ3) is 5.19. The van der Waals surface area contributed by atoms with Crippen molar-refractivity contribution in [1.29, 1.82) is 0 Å². The van der Waals surface area contributed by atoms with Crippen LogP contribution in [-0.4, -0.2) is 31.1 Å². The zero-order valence-corrected chi connectivity index (χ0v) is 8.13. The Morgan fingerprint density at radius 1 is 1.13 bits per heavy atom. The van der Waals surface area contributed by atoms with Crippen molar-refractivity contribution in [2.75, 3.05) is 14.2 Å². The average molecular weight is 215 g/mol. The van der Waals surface area contributed by atoms with Crippen LogP contribution < -0.4 is 0 Å². The highest BCUT2D eigenvalue weighted by Crippen LogP contribution is 1.99. The molecule has 0 N–H and O–H groups in total. The maximum Gasteiger partial charge on any atom is 0.337 e. The molecule has 82 valence electrons. The van der Waals surface area contributed by atoms with Crippen LogP contribution in [0.2, 0.25) is 0 Å². The second-order valence-electron chi connectivity index (χ2n) is 2.21. The van der Waals surface area contributed by atoms with Gasteiger partial charge in [0.05, 0.1) is 19.1 Å². The first-order valence-electron chi connectivity index (χ1n) is 3.71. The smallest absolute Gasteiger partial charge is 0.337 e. The topological polar surface area (TPSA) is 95.7 Å². The fourth-order valence-electron chi connectivity index (χ4n) is 0.563. The minimum atomic E-state index is -0.879. The molecule has 0 fully saturated rings. The van der Waals surface area contributed by atoms with Gasteiger partial charge >= 0.3 is 11.9 Å². The van der Waals surface area contributed by atoms with Gasteiger partial charge < -0.3 is 9.47 Å². The van der Waals surface area contributed by atoms with Crippen LogP contribution in [-0.2, 0) is 19.1 Å². The Bertz CT molecular complexity index is 330. The molecule has 0 radical (unpaired) electrons. The van der Waals surface area contributed by atoms with Crippen molar-refractivity contribution >= 4 is 11.9 Å². The Hall–Kier alpha value is -2.18. The number of carbonyl (C=O) groups is 2. The van der Waals surface area contributed by atoms with Crippen molar-refractivity contribution in [2.45, 2.75) is 0 Å². The van der Waals surface area contributed by atoms with E-state index in [0.717, 1.165) is 26.4 Å². The van der Waals surface area contributed by atoms with Gasteiger partial charge in [-0.2, -0.15) is 0 Å². The Labute approximate surface area is 85.1 Å². The Kier molecular flexibility index (Phi) is 5.38. The van der Waals surface area contributed by atoms with Gasteiger partial charge in [-0.05, 0) is 0 Å². The number of hydrogen-bond donors (Lipinski definition) is 0. The Balaban J connectivity index is 4.77. The first-order valence-corrected chi connectivity index (χ1v) is 3.71. The van der Waals surface area contributed by atoms with Crippen molar-refractivity contribution in [3.05, 3.63) is 34.0 Å². The standard InChI is InChI=1S/C8H9NO6/c1-14-7(10)4-3-6(9(12)13)5-8(11)15-2/h3-5H,1-2H3/b4-3-,6-5-. The number of rotatable bonds is 4. The van der Waals surface area contributed by atoms with Gasteiger partial charge in [0.1, 0.15) is 6.08 Å². The number of hydrogen-bond acceptors (Lipinski definition) is 6. The van der Waals surface area contributed by atoms with Gasteiger partial charge in [0.15, 0.2) is 0 Å². The number of esters is 2. The first-order chi connectivity index (χ1) is 7.01. The van der Waals surface area contributed by atoms with E-state index in [-0.39, 0.29) is 0 Å². The fourth-order valence-corrected chi connectivity index (χ4v) is 0.563. The van der Waals surface area contributed by atoms with Crippen LogP contribution in [0.25, 0.3) is 0 Å². The minimum Gasteiger partial charge on any atom is -0.466 e. The van der Waals surface area contributed by atoms with Crippen LogP contribution in [0.4, 0.5) is 0 Å². The molecule has 0 aliphatic heterocycles. The molecule has 0 aliphatic rings. The molecule has 0 saturated heterocycles. The van der Waals surface area contributed by atoms with Crippen LogP contribution in [0.5, 0.6) is 0 Å². The van der Waals surface area contributed by atoms with E-state index in [0.29, 0.717) is 6.08 Å². The summed E-state index contributed by atoms with van der Waals surface area (Å²) in [5, 5.41) is 10.4. The minimum absolute atomic E-state index is 0.563. The lowest BCUT2D eigenvalue weighted by Gasteiger charge is -1.92. The molecule has 7 heteroatoms. The van der Waals surface area contributed by atoms with Gasteiger partial charge in [-0.3, -0.25) is 10.1 Å². The summed E-state index contributed by atoms with van der Waals surface area (Å²) < 4.78 is 8.41. The predicted octanol–water partition coefficient (Wildman–Crippen LogP) is 0.0492. The van der Waals surface area contributed by atoms with Crippen molar-refractivity contribution < 1.29 is 24.0 Å². The molecule has 0 aromatic carbocycles. The van der Waals surface area contributed by atoms with Crippen LogP contribution >= 0.6 is 0 Å². The van der Waals surface area contributed by atoms with E-state index in [9.17, 15) is 19.7 Å². The van der Waals surface area contributed by atoms with E-state index < -0.39 is 22.6 Å². The molecule has 0 atom stereocenters. The maximum absolute atomic E-state index is 10.7. The van der Waals surface area contributed by atoms with Crippen molar-refractivity contribution in [1.82, 2.24) is 0 Å². The molecule has 0 bridgehead atoms. The summed E-state index contributed by atoms with van der Waals surface area (Å²) in [6.45, 7) is 0. The Morgan fingerprint density at radius 3 is 2.07 bits per heavy atom. The van der Waals surface area contributed by atoms with Gasteiger partial charge in [-0.15, -0.1) is 0 Å². The molecule has 0 unspecified atom stereocenters. The van der Waals surface area contributed by atoms with E-state index in [1.165, 1.54) is 0 Å². The van der Waals surface area contributed by atoms with Crippen molar-refractivity contribution in [3.63, 3.8) is 0 Å². The van der Waals surface area contributed by atoms with Crippen LogP contribution in [0, 0.1) is 10.1 Å². The lowest BCUT2D eigenvalue weighted by atomic mass is 10.3. The molecule has 0 saturated carbocycles. The molecular formula is C8H9NO6. The second-order valence-corrected chi connectivity index (χ2v) is 2.21. The highest BCUT2D eigenvalue weighted by atomic mass is 16.6. The SMILES string of the molecule is COC(=O)/C=C\C(=C\C(=O)OC)[N+](=O)[O-]. The van der Waals surface area contributed by atoms with E-state index in [4.69, 9.17) is 0 Å². The summed E-state index contributed by atoms with van der Waals surface area (Å²) in [6.07, 6.45) is 2.33. The van der Waals surface area contributed by atoms with Crippen LogP contribution in [0.15, 0.2) is 23.9 Å². The number of allylic oxidation sites excluding steroid dienone is 1. The van der Waals surface area contributed by atoms with Gasteiger partial charge in [0.25, 0.3) is 5.70 Å². The third-order valence-electron chi connectivity index (χ3n) is 1.27. The largest absolute Gasteiger partial charge is 0.466 e. The number of ether oxygens (including phenoxy) is 2. The summed E-state index contributed by atoms with van der Waals surface area (Å²) in [5.41, 5.74) is -0.563. The van der Waals surface area contributed by atoms with Gasteiger partial charge in [0, 0.05) is 12.2 Å². The molecule has 0 amide bonds.